The zero-order valence-corrected chi connectivity index (χ0v) is 12.7. The summed E-state index contributed by atoms with van der Waals surface area (Å²) in [7, 11) is 1.79. The van der Waals surface area contributed by atoms with E-state index in [1.807, 2.05) is 20.8 Å². The molecule has 1 saturated heterocycles. The molecule has 1 amide bonds. The summed E-state index contributed by atoms with van der Waals surface area (Å²) in [5, 5.41) is 3.93. The molecule has 0 aromatic carbocycles. The minimum Gasteiger partial charge on any atom is -0.365 e. The number of amides is 1. The zero-order valence-electron chi connectivity index (χ0n) is 12.7. The van der Waals surface area contributed by atoms with Crippen molar-refractivity contribution in [3.05, 3.63) is 11.7 Å². The third-order valence-electron chi connectivity index (χ3n) is 3.67. The van der Waals surface area contributed by atoms with Gasteiger partial charge in [-0.1, -0.05) is 19.0 Å². The second kappa shape index (κ2) is 5.91. The van der Waals surface area contributed by atoms with Crippen LogP contribution in [0.1, 0.15) is 51.2 Å². The van der Waals surface area contributed by atoms with Crippen molar-refractivity contribution in [1.29, 1.82) is 0 Å². The predicted octanol–water partition coefficient (Wildman–Crippen LogP) is 1.76. The van der Waals surface area contributed by atoms with E-state index in [9.17, 15) is 4.79 Å². The van der Waals surface area contributed by atoms with Crippen LogP contribution in [0.4, 0.5) is 0 Å². The molecule has 0 bridgehead atoms. The molecule has 1 fully saturated rings. The smallest absolute Gasteiger partial charge is 0.254 e. The number of hydrogen-bond acceptors (Lipinski definition) is 5. The Balaban J connectivity index is 1.88. The van der Waals surface area contributed by atoms with E-state index in [1.165, 1.54) is 0 Å². The molecule has 1 aromatic rings. The van der Waals surface area contributed by atoms with Crippen LogP contribution in [-0.2, 0) is 16.0 Å². The second-order valence-electron chi connectivity index (χ2n) is 5.86. The van der Waals surface area contributed by atoms with Gasteiger partial charge < -0.3 is 14.2 Å². The van der Waals surface area contributed by atoms with Crippen molar-refractivity contribution in [2.45, 2.75) is 51.6 Å². The summed E-state index contributed by atoms with van der Waals surface area (Å²) >= 11 is 0. The molecule has 0 spiro atoms. The van der Waals surface area contributed by atoms with Gasteiger partial charge in [0.05, 0.1) is 0 Å². The van der Waals surface area contributed by atoms with Crippen LogP contribution in [0.2, 0.25) is 0 Å². The summed E-state index contributed by atoms with van der Waals surface area (Å²) in [4.78, 5) is 18.3. The minimum atomic E-state index is -0.658. The molecule has 0 aliphatic carbocycles. The lowest BCUT2D eigenvalue weighted by molar-refractivity contribution is -0.149. The number of likely N-dealkylation sites (N-methyl/N-ethyl adjacent to an activating group) is 1. The number of carbonyl (C=O) groups is 1. The summed E-state index contributed by atoms with van der Waals surface area (Å²) in [6.07, 6.45) is 2.32. The molecule has 6 heteroatoms. The number of rotatable bonds is 5. The van der Waals surface area contributed by atoms with Crippen molar-refractivity contribution in [2.24, 2.45) is 0 Å². The maximum absolute atomic E-state index is 12.3. The van der Waals surface area contributed by atoms with E-state index in [0.29, 0.717) is 31.3 Å². The van der Waals surface area contributed by atoms with E-state index in [4.69, 9.17) is 9.26 Å². The normalized spacial score (nSPS) is 22.4. The van der Waals surface area contributed by atoms with Crippen LogP contribution in [0.3, 0.4) is 0 Å². The lowest BCUT2D eigenvalue weighted by Crippen LogP contribution is -2.45. The van der Waals surface area contributed by atoms with E-state index < -0.39 is 5.60 Å². The number of carbonyl (C=O) groups excluding carboxylic acids is 1. The summed E-state index contributed by atoms with van der Waals surface area (Å²) in [5.41, 5.74) is -0.658. The monoisotopic (exact) mass is 281 g/mol. The molecule has 1 aliphatic rings. The Morgan fingerprint density at radius 2 is 2.25 bits per heavy atom. The quantitative estimate of drug-likeness (QED) is 0.822. The maximum Gasteiger partial charge on any atom is 0.254 e. The highest BCUT2D eigenvalue weighted by molar-refractivity contribution is 5.84. The van der Waals surface area contributed by atoms with Crippen molar-refractivity contribution < 1.29 is 14.1 Å². The van der Waals surface area contributed by atoms with Gasteiger partial charge in [-0.05, 0) is 19.8 Å². The van der Waals surface area contributed by atoms with Crippen LogP contribution in [0, 0.1) is 0 Å². The first kappa shape index (κ1) is 15.0. The van der Waals surface area contributed by atoms with Crippen LogP contribution in [0.15, 0.2) is 4.52 Å². The van der Waals surface area contributed by atoms with Gasteiger partial charge >= 0.3 is 0 Å². The zero-order chi connectivity index (χ0) is 14.8. The van der Waals surface area contributed by atoms with Gasteiger partial charge in [0.25, 0.3) is 5.91 Å². The highest BCUT2D eigenvalue weighted by Crippen LogP contribution is 2.26. The lowest BCUT2D eigenvalue weighted by Gasteiger charge is -2.28. The topological polar surface area (TPSA) is 68.5 Å². The second-order valence-corrected chi connectivity index (χ2v) is 5.86. The minimum absolute atomic E-state index is 0.0302. The fourth-order valence-corrected chi connectivity index (χ4v) is 2.32. The Labute approximate surface area is 119 Å². The van der Waals surface area contributed by atoms with Crippen LogP contribution in [0.25, 0.3) is 0 Å². The van der Waals surface area contributed by atoms with Crippen molar-refractivity contribution in [2.75, 3.05) is 20.2 Å². The molecule has 2 rings (SSSR count). The standard InChI is InChI=1S/C14H23N3O3/c1-10(2)12-15-11(16-20-12)6-8-17(4)13(18)14(3)7-5-9-19-14/h10H,5-9H2,1-4H3/t14-/m1/s1. The van der Waals surface area contributed by atoms with Gasteiger partial charge in [-0.2, -0.15) is 4.98 Å². The third kappa shape index (κ3) is 3.17. The van der Waals surface area contributed by atoms with Crippen molar-refractivity contribution in [3.8, 4) is 0 Å². The summed E-state index contributed by atoms with van der Waals surface area (Å²) < 4.78 is 10.7. The molecule has 6 nitrogen and oxygen atoms in total. The van der Waals surface area contributed by atoms with Gasteiger partial charge in [0.1, 0.15) is 5.60 Å². The third-order valence-corrected chi connectivity index (χ3v) is 3.67. The first-order valence-electron chi connectivity index (χ1n) is 7.14. The number of nitrogens with zero attached hydrogens (tertiary/aromatic N) is 3. The van der Waals surface area contributed by atoms with E-state index in [2.05, 4.69) is 10.1 Å². The Morgan fingerprint density at radius 1 is 1.50 bits per heavy atom. The summed E-state index contributed by atoms with van der Waals surface area (Å²) in [6, 6.07) is 0. The average Bonchev–Trinajstić information content (AvgIpc) is 3.04. The molecule has 0 saturated carbocycles. The van der Waals surface area contributed by atoms with Gasteiger partial charge in [0, 0.05) is 32.5 Å². The van der Waals surface area contributed by atoms with E-state index in [0.717, 1.165) is 12.8 Å². The molecule has 20 heavy (non-hydrogen) atoms. The highest BCUT2D eigenvalue weighted by atomic mass is 16.5. The number of ether oxygens (including phenoxy) is 1. The molecule has 1 atom stereocenters. The van der Waals surface area contributed by atoms with Crippen LogP contribution in [0.5, 0.6) is 0 Å². The van der Waals surface area contributed by atoms with Crippen molar-refractivity contribution in [3.63, 3.8) is 0 Å². The van der Waals surface area contributed by atoms with Gasteiger partial charge in [0.15, 0.2) is 5.82 Å². The van der Waals surface area contributed by atoms with E-state index in [1.54, 1.807) is 11.9 Å². The fourth-order valence-electron chi connectivity index (χ4n) is 2.32. The molecule has 0 radical (unpaired) electrons. The number of aromatic nitrogens is 2. The Hall–Kier alpha value is -1.43. The molecule has 1 aromatic heterocycles. The van der Waals surface area contributed by atoms with Gasteiger partial charge in [-0.3, -0.25) is 4.79 Å². The predicted molar refractivity (Wildman–Crippen MR) is 73.3 cm³/mol. The SMILES string of the molecule is CC(C)c1nc(CCN(C)C(=O)[C@@]2(C)CCCO2)no1. The first-order valence-corrected chi connectivity index (χ1v) is 7.14. The molecule has 2 heterocycles. The summed E-state index contributed by atoms with van der Waals surface area (Å²) in [5.74, 6) is 1.54. The molecule has 1 aliphatic heterocycles. The van der Waals surface area contributed by atoms with Crippen LogP contribution in [-0.4, -0.2) is 46.7 Å². The highest BCUT2D eigenvalue weighted by Gasteiger charge is 2.39. The largest absolute Gasteiger partial charge is 0.365 e. The summed E-state index contributed by atoms with van der Waals surface area (Å²) in [6.45, 7) is 7.11. The Morgan fingerprint density at radius 3 is 2.80 bits per heavy atom. The van der Waals surface area contributed by atoms with E-state index in [-0.39, 0.29) is 11.8 Å². The van der Waals surface area contributed by atoms with E-state index >= 15 is 0 Å². The number of hydrogen-bond donors (Lipinski definition) is 0. The molecule has 112 valence electrons. The Bertz CT molecular complexity index is 464. The fraction of sp³-hybridized carbons (Fsp3) is 0.786. The lowest BCUT2D eigenvalue weighted by atomic mass is 10.0. The van der Waals surface area contributed by atoms with Gasteiger partial charge in [0.2, 0.25) is 5.89 Å². The molecule has 0 unspecified atom stereocenters. The van der Waals surface area contributed by atoms with Gasteiger partial charge in [-0.25, -0.2) is 0 Å². The van der Waals surface area contributed by atoms with Gasteiger partial charge in [-0.15, -0.1) is 0 Å². The average molecular weight is 281 g/mol. The van der Waals surface area contributed by atoms with Crippen LogP contribution < -0.4 is 0 Å². The molecular weight excluding hydrogens is 258 g/mol. The first-order chi connectivity index (χ1) is 9.42. The maximum atomic E-state index is 12.3. The van der Waals surface area contributed by atoms with Crippen LogP contribution >= 0.6 is 0 Å². The molecule has 0 N–H and O–H groups in total. The Kier molecular flexibility index (Phi) is 4.42. The molecular formula is C14H23N3O3. The van der Waals surface area contributed by atoms with Crippen molar-refractivity contribution >= 4 is 5.91 Å². The van der Waals surface area contributed by atoms with Crippen molar-refractivity contribution in [1.82, 2.24) is 15.0 Å².